The van der Waals surface area contributed by atoms with Gasteiger partial charge in [0, 0.05) is 10.4 Å². The topological polar surface area (TPSA) is 12.9 Å². The largest absolute Gasteiger partial charge is 0.248 e. The third kappa shape index (κ3) is 5.36. The second-order valence-electron chi connectivity index (χ2n) is 8.45. The van der Waals surface area contributed by atoms with Crippen molar-refractivity contribution in [2.75, 3.05) is 0 Å². The van der Waals surface area contributed by atoms with Crippen LogP contribution in [0.15, 0.2) is 85.4 Å². The SMILES string of the molecule is C=C(C)c1ccccc1CC[C@H](C)c1cccc(/C=C/c2ccc3ccc(Cl)cc3n2)c1. The van der Waals surface area contributed by atoms with Crippen LogP contribution in [0.1, 0.15) is 54.1 Å². The Morgan fingerprint density at radius 1 is 0.969 bits per heavy atom. The predicted octanol–water partition coefficient (Wildman–Crippen LogP) is 8.83. The van der Waals surface area contributed by atoms with Crippen LogP contribution in [0.25, 0.3) is 28.6 Å². The van der Waals surface area contributed by atoms with Crippen molar-refractivity contribution >= 4 is 40.2 Å². The van der Waals surface area contributed by atoms with Gasteiger partial charge >= 0.3 is 0 Å². The molecule has 2 heteroatoms. The Morgan fingerprint density at radius 2 is 1.78 bits per heavy atom. The lowest BCUT2D eigenvalue weighted by molar-refractivity contribution is 0.679. The van der Waals surface area contributed by atoms with E-state index < -0.39 is 0 Å². The van der Waals surface area contributed by atoms with E-state index in [1.165, 1.54) is 22.3 Å². The second-order valence-corrected chi connectivity index (χ2v) is 8.89. The van der Waals surface area contributed by atoms with Gasteiger partial charge in [0.15, 0.2) is 0 Å². The van der Waals surface area contributed by atoms with Crippen molar-refractivity contribution in [3.05, 3.63) is 118 Å². The number of halogens is 1. The summed E-state index contributed by atoms with van der Waals surface area (Å²) in [5.41, 5.74) is 8.17. The summed E-state index contributed by atoms with van der Waals surface area (Å²) in [6, 6.07) is 27.3. The summed E-state index contributed by atoms with van der Waals surface area (Å²) in [6.07, 6.45) is 6.34. The molecule has 0 aliphatic heterocycles. The molecule has 32 heavy (non-hydrogen) atoms. The standard InChI is InChI=1S/C30H28ClN/c1-21(2)29-10-5-4-8-24(29)13-11-22(3)26-9-6-7-23(19-26)12-17-28-18-15-25-14-16-27(31)20-30(25)32-28/h4-10,12,14-20,22H,1,11,13H2,2-3H3/b17-12+/t22-/m0/s1. The second kappa shape index (κ2) is 9.97. The molecule has 0 saturated carbocycles. The molecule has 4 aromatic rings. The molecule has 4 rings (SSSR count). The Bertz CT molecular complexity index is 1290. The van der Waals surface area contributed by atoms with Crippen molar-refractivity contribution in [1.29, 1.82) is 0 Å². The van der Waals surface area contributed by atoms with E-state index in [4.69, 9.17) is 16.6 Å². The molecule has 0 aliphatic carbocycles. The molecule has 0 amide bonds. The van der Waals surface area contributed by atoms with Gasteiger partial charge in [-0.3, -0.25) is 0 Å². The van der Waals surface area contributed by atoms with Gasteiger partial charge in [-0.1, -0.05) is 97.4 Å². The number of hydrogen-bond acceptors (Lipinski definition) is 1. The number of hydrogen-bond donors (Lipinski definition) is 0. The molecule has 0 unspecified atom stereocenters. The molecule has 0 bridgehead atoms. The molecule has 0 spiro atoms. The molecule has 1 heterocycles. The molecule has 160 valence electrons. The minimum absolute atomic E-state index is 0.475. The van der Waals surface area contributed by atoms with Crippen molar-refractivity contribution in [3.8, 4) is 0 Å². The Kier molecular flexibility index (Phi) is 6.87. The summed E-state index contributed by atoms with van der Waals surface area (Å²) >= 11 is 6.12. The predicted molar refractivity (Wildman–Crippen MR) is 140 cm³/mol. The first-order valence-electron chi connectivity index (χ1n) is 11.1. The maximum atomic E-state index is 6.12. The molecule has 0 aliphatic rings. The van der Waals surface area contributed by atoms with Crippen LogP contribution in [0.4, 0.5) is 0 Å². The van der Waals surface area contributed by atoms with E-state index in [0.717, 1.165) is 35.0 Å². The lowest BCUT2D eigenvalue weighted by Crippen LogP contribution is -1.99. The van der Waals surface area contributed by atoms with Gasteiger partial charge in [-0.2, -0.15) is 0 Å². The Balaban J connectivity index is 1.47. The van der Waals surface area contributed by atoms with Gasteiger partial charge in [0.2, 0.25) is 0 Å². The molecule has 1 nitrogen and oxygen atoms in total. The molecule has 0 N–H and O–H groups in total. The highest BCUT2D eigenvalue weighted by atomic mass is 35.5. The highest BCUT2D eigenvalue weighted by Gasteiger charge is 2.09. The molecule has 0 radical (unpaired) electrons. The van der Waals surface area contributed by atoms with E-state index in [1.54, 1.807) is 0 Å². The number of fused-ring (bicyclic) bond motifs is 1. The first-order chi connectivity index (χ1) is 15.5. The zero-order valence-electron chi connectivity index (χ0n) is 18.7. The molecule has 3 aromatic carbocycles. The number of allylic oxidation sites excluding steroid dienone is 1. The number of pyridine rings is 1. The van der Waals surface area contributed by atoms with E-state index in [-0.39, 0.29) is 0 Å². The number of aromatic nitrogens is 1. The molecule has 0 saturated heterocycles. The quantitative estimate of drug-likeness (QED) is 0.281. The van der Waals surface area contributed by atoms with Crippen LogP contribution >= 0.6 is 11.6 Å². The molecule has 1 aromatic heterocycles. The van der Waals surface area contributed by atoms with Gasteiger partial charge in [-0.25, -0.2) is 4.98 Å². The van der Waals surface area contributed by atoms with Gasteiger partial charge in [-0.15, -0.1) is 0 Å². The van der Waals surface area contributed by atoms with Crippen LogP contribution in [0.5, 0.6) is 0 Å². The molecular formula is C30H28ClN. The minimum atomic E-state index is 0.475. The summed E-state index contributed by atoms with van der Waals surface area (Å²) in [6.45, 7) is 8.52. The van der Waals surface area contributed by atoms with Crippen LogP contribution < -0.4 is 0 Å². The van der Waals surface area contributed by atoms with E-state index in [2.05, 4.69) is 87.2 Å². The number of benzene rings is 3. The zero-order chi connectivity index (χ0) is 22.5. The highest BCUT2D eigenvalue weighted by Crippen LogP contribution is 2.26. The van der Waals surface area contributed by atoms with Crippen LogP contribution in [0.2, 0.25) is 5.02 Å². The van der Waals surface area contributed by atoms with E-state index in [0.29, 0.717) is 10.9 Å². The minimum Gasteiger partial charge on any atom is -0.248 e. The van der Waals surface area contributed by atoms with Crippen molar-refractivity contribution in [2.45, 2.75) is 32.6 Å². The van der Waals surface area contributed by atoms with Gasteiger partial charge < -0.3 is 0 Å². The third-order valence-electron chi connectivity index (χ3n) is 5.93. The first-order valence-corrected chi connectivity index (χ1v) is 11.5. The summed E-state index contributed by atoms with van der Waals surface area (Å²) < 4.78 is 0. The van der Waals surface area contributed by atoms with Crippen molar-refractivity contribution in [1.82, 2.24) is 4.98 Å². The maximum Gasteiger partial charge on any atom is 0.0724 e. The smallest absolute Gasteiger partial charge is 0.0724 e. The van der Waals surface area contributed by atoms with Crippen molar-refractivity contribution in [2.24, 2.45) is 0 Å². The summed E-state index contributed by atoms with van der Waals surface area (Å²) in [5, 5.41) is 1.80. The molecular weight excluding hydrogens is 410 g/mol. The van der Waals surface area contributed by atoms with E-state index in [1.807, 2.05) is 24.3 Å². The summed E-state index contributed by atoms with van der Waals surface area (Å²) in [7, 11) is 0. The van der Waals surface area contributed by atoms with Crippen LogP contribution in [-0.4, -0.2) is 4.98 Å². The van der Waals surface area contributed by atoms with Gasteiger partial charge in [0.1, 0.15) is 0 Å². The van der Waals surface area contributed by atoms with Gasteiger partial charge in [0.25, 0.3) is 0 Å². The average molecular weight is 438 g/mol. The fraction of sp³-hybridized carbons (Fsp3) is 0.167. The fourth-order valence-corrected chi connectivity index (χ4v) is 4.21. The Labute approximate surface area is 196 Å². The van der Waals surface area contributed by atoms with Gasteiger partial charge in [0.05, 0.1) is 11.2 Å². The van der Waals surface area contributed by atoms with Crippen LogP contribution in [0.3, 0.4) is 0 Å². The zero-order valence-corrected chi connectivity index (χ0v) is 19.4. The lowest BCUT2D eigenvalue weighted by Gasteiger charge is -2.15. The lowest BCUT2D eigenvalue weighted by atomic mass is 9.90. The van der Waals surface area contributed by atoms with E-state index in [9.17, 15) is 0 Å². The summed E-state index contributed by atoms with van der Waals surface area (Å²) in [4.78, 5) is 4.72. The van der Waals surface area contributed by atoms with Crippen LogP contribution in [0, 0.1) is 0 Å². The van der Waals surface area contributed by atoms with E-state index >= 15 is 0 Å². The molecule has 0 fully saturated rings. The third-order valence-corrected chi connectivity index (χ3v) is 6.16. The number of rotatable bonds is 7. The average Bonchev–Trinajstić information content (AvgIpc) is 2.81. The Hall–Kier alpha value is -3.16. The fourth-order valence-electron chi connectivity index (χ4n) is 4.04. The normalized spacial score (nSPS) is 12.3. The number of nitrogens with zero attached hydrogens (tertiary/aromatic N) is 1. The maximum absolute atomic E-state index is 6.12. The monoisotopic (exact) mass is 437 g/mol. The van der Waals surface area contributed by atoms with Crippen molar-refractivity contribution < 1.29 is 0 Å². The van der Waals surface area contributed by atoms with Gasteiger partial charge in [-0.05, 0) is 72.2 Å². The molecule has 1 atom stereocenters. The highest BCUT2D eigenvalue weighted by molar-refractivity contribution is 6.31. The number of aryl methyl sites for hydroxylation is 1. The van der Waals surface area contributed by atoms with Crippen LogP contribution in [-0.2, 0) is 6.42 Å². The van der Waals surface area contributed by atoms with Crippen molar-refractivity contribution in [3.63, 3.8) is 0 Å². The summed E-state index contributed by atoms with van der Waals surface area (Å²) in [5.74, 6) is 0.475. The Morgan fingerprint density at radius 3 is 2.62 bits per heavy atom. The first kappa shape index (κ1) is 22.0.